The lowest BCUT2D eigenvalue weighted by Crippen LogP contribution is -2.30. The van der Waals surface area contributed by atoms with Crippen molar-refractivity contribution in [3.8, 4) is 5.75 Å². The second kappa shape index (κ2) is 6.69. The third-order valence-corrected chi connectivity index (χ3v) is 5.58. The molecule has 4 rings (SSSR count). The first kappa shape index (κ1) is 15.3. The molecule has 0 radical (unpaired) electrons. The van der Waals surface area contributed by atoms with Gasteiger partial charge in [-0.3, -0.25) is 0 Å². The Labute approximate surface area is 146 Å². The van der Waals surface area contributed by atoms with Gasteiger partial charge >= 0.3 is 0 Å². The number of para-hydroxylation sites is 1. The summed E-state index contributed by atoms with van der Waals surface area (Å²) in [4.78, 5) is 9.68. The van der Waals surface area contributed by atoms with Gasteiger partial charge in [-0.15, -0.1) is 0 Å². The number of anilines is 2. The fourth-order valence-electron chi connectivity index (χ4n) is 3.16. The lowest BCUT2D eigenvalue weighted by molar-refractivity contribution is 0.415. The minimum Gasteiger partial charge on any atom is -0.497 e. The summed E-state index contributed by atoms with van der Waals surface area (Å²) in [6, 6.07) is 16.7. The van der Waals surface area contributed by atoms with Crippen molar-refractivity contribution in [3.63, 3.8) is 0 Å². The van der Waals surface area contributed by atoms with Crippen LogP contribution in [0.1, 0.15) is 6.42 Å². The highest BCUT2D eigenvalue weighted by atomic mass is 32.1. The number of aromatic nitrogens is 1. The smallest absolute Gasteiger partial charge is 0.186 e. The van der Waals surface area contributed by atoms with Gasteiger partial charge in [-0.2, -0.15) is 0 Å². The predicted octanol–water partition coefficient (Wildman–Crippen LogP) is 4.02. The molecule has 3 aromatic rings. The number of benzene rings is 2. The summed E-state index contributed by atoms with van der Waals surface area (Å²) in [5, 5.41) is 1.15. The van der Waals surface area contributed by atoms with Crippen LogP contribution in [0.25, 0.3) is 10.2 Å². The van der Waals surface area contributed by atoms with Crippen molar-refractivity contribution in [1.82, 2.24) is 4.98 Å². The molecule has 1 aliphatic heterocycles. The molecular weight excluding hydrogens is 318 g/mol. The van der Waals surface area contributed by atoms with Crippen LogP contribution < -0.4 is 14.5 Å². The molecule has 5 heteroatoms. The third-order valence-electron chi connectivity index (χ3n) is 4.49. The molecule has 0 saturated carbocycles. The summed E-state index contributed by atoms with van der Waals surface area (Å²) < 4.78 is 6.52. The number of hydrogen-bond donors (Lipinski definition) is 0. The molecule has 4 nitrogen and oxygen atoms in total. The molecule has 2 heterocycles. The highest BCUT2D eigenvalue weighted by Gasteiger charge is 2.18. The standard InChI is InChI=1S/C19H21N3OS/c1-23-16-9-7-15(8-10-16)21-11-4-12-22(14-13-21)19-20-17-5-2-3-6-18(17)24-19/h2-3,5-10H,4,11-14H2,1H3. The summed E-state index contributed by atoms with van der Waals surface area (Å²) in [6.45, 7) is 4.16. The molecule has 1 saturated heterocycles. The maximum Gasteiger partial charge on any atom is 0.186 e. The first-order valence-corrected chi connectivity index (χ1v) is 9.15. The zero-order valence-electron chi connectivity index (χ0n) is 13.8. The number of ether oxygens (including phenoxy) is 1. The van der Waals surface area contributed by atoms with Crippen molar-refractivity contribution in [1.29, 1.82) is 0 Å². The zero-order chi connectivity index (χ0) is 16.4. The van der Waals surface area contributed by atoms with Gasteiger partial charge in [-0.05, 0) is 42.8 Å². The average Bonchev–Trinajstić information content (AvgIpc) is 2.91. The average molecular weight is 339 g/mol. The first-order chi connectivity index (χ1) is 11.8. The van der Waals surface area contributed by atoms with Crippen molar-refractivity contribution < 1.29 is 4.74 Å². The Hall–Kier alpha value is -2.27. The van der Waals surface area contributed by atoms with Gasteiger partial charge in [0.1, 0.15) is 5.75 Å². The molecule has 0 unspecified atom stereocenters. The number of fused-ring (bicyclic) bond motifs is 1. The van der Waals surface area contributed by atoms with E-state index in [0.29, 0.717) is 0 Å². The van der Waals surface area contributed by atoms with Gasteiger partial charge in [0.25, 0.3) is 0 Å². The maximum atomic E-state index is 5.25. The Bertz CT molecular complexity index is 782. The number of rotatable bonds is 3. The molecule has 0 amide bonds. The summed E-state index contributed by atoms with van der Waals surface area (Å²) in [5.74, 6) is 0.907. The van der Waals surface area contributed by atoms with E-state index < -0.39 is 0 Å². The van der Waals surface area contributed by atoms with Crippen LogP contribution >= 0.6 is 11.3 Å². The molecule has 1 aliphatic rings. The van der Waals surface area contributed by atoms with E-state index in [9.17, 15) is 0 Å². The van der Waals surface area contributed by atoms with Crippen molar-refractivity contribution >= 4 is 32.4 Å². The quantitative estimate of drug-likeness (QED) is 0.720. The fraction of sp³-hybridized carbons (Fsp3) is 0.316. The van der Waals surface area contributed by atoms with Crippen molar-refractivity contribution in [2.45, 2.75) is 6.42 Å². The van der Waals surface area contributed by atoms with Gasteiger partial charge in [-0.25, -0.2) is 4.98 Å². The summed E-state index contributed by atoms with van der Waals surface area (Å²) in [5.41, 5.74) is 2.37. The van der Waals surface area contributed by atoms with E-state index in [1.165, 1.54) is 10.4 Å². The van der Waals surface area contributed by atoms with Crippen molar-refractivity contribution in [2.75, 3.05) is 43.1 Å². The minimum absolute atomic E-state index is 0.907. The SMILES string of the molecule is COc1ccc(N2CCCN(c3nc4ccccc4s3)CC2)cc1. The topological polar surface area (TPSA) is 28.6 Å². The van der Waals surface area contributed by atoms with Crippen LogP contribution in [0.4, 0.5) is 10.8 Å². The van der Waals surface area contributed by atoms with E-state index in [2.05, 4.69) is 46.2 Å². The molecule has 0 aliphatic carbocycles. The fourth-order valence-corrected chi connectivity index (χ4v) is 4.17. The lowest BCUT2D eigenvalue weighted by atomic mass is 10.2. The molecule has 1 fully saturated rings. The van der Waals surface area contributed by atoms with Crippen LogP contribution in [-0.4, -0.2) is 38.3 Å². The van der Waals surface area contributed by atoms with Gasteiger partial charge in [0.15, 0.2) is 5.13 Å². The normalized spacial score (nSPS) is 15.5. The summed E-state index contributed by atoms with van der Waals surface area (Å²) >= 11 is 1.79. The molecule has 2 aromatic carbocycles. The molecule has 24 heavy (non-hydrogen) atoms. The number of hydrogen-bond acceptors (Lipinski definition) is 5. The third kappa shape index (κ3) is 3.04. The second-order valence-electron chi connectivity index (χ2n) is 5.99. The lowest BCUT2D eigenvalue weighted by Gasteiger charge is -2.23. The highest BCUT2D eigenvalue weighted by molar-refractivity contribution is 7.22. The van der Waals surface area contributed by atoms with Gasteiger partial charge < -0.3 is 14.5 Å². The molecule has 124 valence electrons. The molecule has 1 aromatic heterocycles. The van der Waals surface area contributed by atoms with Gasteiger partial charge in [0, 0.05) is 31.9 Å². The summed E-state index contributed by atoms with van der Waals surface area (Å²) in [7, 11) is 1.71. The second-order valence-corrected chi connectivity index (χ2v) is 7.00. The predicted molar refractivity (Wildman–Crippen MR) is 102 cm³/mol. The van der Waals surface area contributed by atoms with E-state index in [4.69, 9.17) is 9.72 Å². The van der Waals surface area contributed by atoms with E-state index in [0.717, 1.165) is 49.0 Å². The molecule has 0 N–H and O–H groups in total. The number of thiazole rings is 1. The molecular formula is C19H21N3OS. The number of methoxy groups -OCH3 is 1. The molecule has 0 atom stereocenters. The van der Waals surface area contributed by atoms with Crippen LogP contribution in [0.3, 0.4) is 0 Å². The van der Waals surface area contributed by atoms with Gasteiger partial charge in [0.05, 0.1) is 17.3 Å². The van der Waals surface area contributed by atoms with Gasteiger partial charge in [-0.1, -0.05) is 23.5 Å². The van der Waals surface area contributed by atoms with E-state index in [1.54, 1.807) is 18.4 Å². The maximum absolute atomic E-state index is 5.25. The van der Waals surface area contributed by atoms with Crippen LogP contribution in [0.15, 0.2) is 48.5 Å². The first-order valence-electron chi connectivity index (χ1n) is 8.33. The number of nitrogens with zero attached hydrogens (tertiary/aromatic N) is 3. The van der Waals surface area contributed by atoms with Crippen LogP contribution in [0.2, 0.25) is 0 Å². The largest absolute Gasteiger partial charge is 0.497 e. The Morgan fingerprint density at radius 1 is 0.917 bits per heavy atom. The minimum atomic E-state index is 0.907. The Balaban J connectivity index is 1.49. The Kier molecular flexibility index (Phi) is 4.26. The molecule has 0 spiro atoms. The molecule has 0 bridgehead atoms. The van der Waals surface area contributed by atoms with E-state index >= 15 is 0 Å². The van der Waals surface area contributed by atoms with Crippen LogP contribution in [0.5, 0.6) is 5.75 Å². The Morgan fingerprint density at radius 2 is 1.67 bits per heavy atom. The monoisotopic (exact) mass is 339 g/mol. The van der Waals surface area contributed by atoms with E-state index in [1.807, 2.05) is 12.1 Å². The Morgan fingerprint density at radius 3 is 2.46 bits per heavy atom. The van der Waals surface area contributed by atoms with Gasteiger partial charge in [0.2, 0.25) is 0 Å². The van der Waals surface area contributed by atoms with Crippen LogP contribution in [-0.2, 0) is 0 Å². The van der Waals surface area contributed by atoms with Crippen molar-refractivity contribution in [3.05, 3.63) is 48.5 Å². The zero-order valence-corrected chi connectivity index (χ0v) is 14.6. The van der Waals surface area contributed by atoms with Crippen molar-refractivity contribution in [2.24, 2.45) is 0 Å². The highest BCUT2D eigenvalue weighted by Crippen LogP contribution is 2.29. The van der Waals surface area contributed by atoms with E-state index in [-0.39, 0.29) is 0 Å². The van der Waals surface area contributed by atoms with Crippen LogP contribution in [0, 0.1) is 0 Å². The summed E-state index contributed by atoms with van der Waals surface area (Å²) in [6.07, 6.45) is 1.14.